The van der Waals surface area contributed by atoms with Gasteiger partial charge in [0.05, 0.1) is 0 Å². The molecule has 0 radical (unpaired) electrons. The normalized spacial score (nSPS) is 22.8. The van der Waals surface area contributed by atoms with Gasteiger partial charge < -0.3 is 10.2 Å². The Labute approximate surface area is 104 Å². The van der Waals surface area contributed by atoms with Gasteiger partial charge in [-0.15, -0.1) is 0 Å². The number of piperidine rings is 1. The Morgan fingerprint density at radius 3 is 2.59 bits per heavy atom. The molecule has 0 bridgehead atoms. The lowest BCUT2D eigenvalue weighted by atomic mass is 9.74. The van der Waals surface area contributed by atoms with E-state index >= 15 is 0 Å². The highest BCUT2D eigenvalue weighted by Gasteiger charge is 2.41. The quantitative estimate of drug-likeness (QED) is 0.798. The van der Waals surface area contributed by atoms with E-state index < -0.39 is 0 Å². The third-order valence-electron chi connectivity index (χ3n) is 4.60. The van der Waals surface area contributed by atoms with Crippen LogP contribution in [0.15, 0.2) is 24.3 Å². The molecular weight excluding hydrogens is 208 g/mol. The van der Waals surface area contributed by atoms with Crippen molar-refractivity contribution >= 4 is 5.69 Å². The predicted octanol–water partition coefficient (Wildman–Crippen LogP) is 2.85. The first-order valence-corrected chi connectivity index (χ1v) is 6.79. The van der Waals surface area contributed by atoms with Gasteiger partial charge >= 0.3 is 0 Å². The molecule has 2 heteroatoms. The molecule has 0 unspecified atom stereocenters. The van der Waals surface area contributed by atoms with E-state index in [4.69, 9.17) is 0 Å². The summed E-state index contributed by atoms with van der Waals surface area (Å²) in [5.41, 5.74) is 3.34. The smallest absolute Gasteiger partial charge is 0.0379 e. The van der Waals surface area contributed by atoms with Crippen LogP contribution >= 0.6 is 0 Å². The van der Waals surface area contributed by atoms with E-state index in [2.05, 4.69) is 48.3 Å². The second kappa shape index (κ2) is 4.02. The van der Waals surface area contributed by atoms with Crippen LogP contribution in [0.3, 0.4) is 0 Å². The first-order chi connectivity index (χ1) is 8.21. The van der Waals surface area contributed by atoms with Crippen LogP contribution in [0.4, 0.5) is 5.69 Å². The fourth-order valence-electron chi connectivity index (χ4n) is 3.37. The van der Waals surface area contributed by atoms with Crippen molar-refractivity contribution in [1.82, 2.24) is 4.90 Å². The number of para-hydroxylation sites is 1. The van der Waals surface area contributed by atoms with Crippen LogP contribution in [-0.2, 0) is 5.41 Å². The highest BCUT2D eigenvalue weighted by molar-refractivity contribution is 5.60. The lowest BCUT2D eigenvalue weighted by molar-refractivity contribution is 0.137. The average molecular weight is 230 g/mol. The zero-order valence-electron chi connectivity index (χ0n) is 10.9. The summed E-state index contributed by atoms with van der Waals surface area (Å²) in [5, 5.41) is 3.59. The molecule has 2 aliphatic rings. The predicted molar refractivity (Wildman–Crippen MR) is 72.6 cm³/mol. The van der Waals surface area contributed by atoms with Crippen LogP contribution in [0.1, 0.15) is 32.3 Å². The zero-order valence-corrected chi connectivity index (χ0v) is 10.9. The second-order valence-corrected chi connectivity index (χ2v) is 5.81. The van der Waals surface area contributed by atoms with Crippen LogP contribution in [0.25, 0.3) is 0 Å². The van der Waals surface area contributed by atoms with Crippen LogP contribution in [0.2, 0.25) is 0 Å². The molecule has 1 spiro atoms. The van der Waals surface area contributed by atoms with Crippen molar-refractivity contribution in [2.45, 2.75) is 38.1 Å². The Hall–Kier alpha value is -1.02. The SMILES string of the molecule is CC(C)N1CCC2(CC1)CNc1ccccc12. The number of fused-ring (bicyclic) bond motifs is 2. The summed E-state index contributed by atoms with van der Waals surface area (Å²) in [6.07, 6.45) is 2.60. The van der Waals surface area contributed by atoms with Crippen molar-refractivity contribution in [3.8, 4) is 0 Å². The number of rotatable bonds is 1. The van der Waals surface area contributed by atoms with E-state index in [0.29, 0.717) is 11.5 Å². The highest BCUT2D eigenvalue weighted by atomic mass is 15.2. The van der Waals surface area contributed by atoms with Gasteiger partial charge in [0.25, 0.3) is 0 Å². The molecule has 0 saturated carbocycles. The minimum Gasteiger partial charge on any atom is -0.384 e. The van der Waals surface area contributed by atoms with Gasteiger partial charge in [-0.05, 0) is 51.4 Å². The molecule has 17 heavy (non-hydrogen) atoms. The van der Waals surface area contributed by atoms with Crippen molar-refractivity contribution in [2.24, 2.45) is 0 Å². The van der Waals surface area contributed by atoms with Crippen LogP contribution in [0, 0.1) is 0 Å². The van der Waals surface area contributed by atoms with Crippen molar-refractivity contribution < 1.29 is 0 Å². The summed E-state index contributed by atoms with van der Waals surface area (Å²) < 4.78 is 0. The fourth-order valence-corrected chi connectivity index (χ4v) is 3.37. The lowest BCUT2D eigenvalue weighted by Gasteiger charge is -2.41. The van der Waals surface area contributed by atoms with E-state index in [1.54, 1.807) is 5.56 Å². The van der Waals surface area contributed by atoms with Gasteiger partial charge in [-0.2, -0.15) is 0 Å². The number of hydrogen-bond donors (Lipinski definition) is 1. The van der Waals surface area contributed by atoms with E-state index in [0.717, 1.165) is 6.54 Å². The van der Waals surface area contributed by atoms with Gasteiger partial charge in [0, 0.05) is 23.7 Å². The van der Waals surface area contributed by atoms with Gasteiger partial charge in [-0.25, -0.2) is 0 Å². The molecule has 1 fully saturated rings. The van der Waals surface area contributed by atoms with Gasteiger partial charge in [-0.1, -0.05) is 18.2 Å². The molecule has 0 atom stereocenters. The Bertz CT molecular complexity index is 403. The van der Waals surface area contributed by atoms with Gasteiger partial charge in [-0.3, -0.25) is 0 Å². The molecule has 3 rings (SSSR count). The van der Waals surface area contributed by atoms with Gasteiger partial charge in [0.2, 0.25) is 0 Å². The Balaban J connectivity index is 1.82. The maximum atomic E-state index is 3.59. The topological polar surface area (TPSA) is 15.3 Å². The summed E-state index contributed by atoms with van der Waals surface area (Å²) in [5.74, 6) is 0. The number of anilines is 1. The summed E-state index contributed by atoms with van der Waals surface area (Å²) in [6.45, 7) is 8.23. The lowest BCUT2D eigenvalue weighted by Crippen LogP contribution is -2.46. The van der Waals surface area contributed by atoms with Crippen molar-refractivity contribution in [3.63, 3.8) is 0 Å². The Morgan fingerprint density at radius 2 is 1.88 bits per heavy atom. The van der Waals surface area contributed by atoms with Crippen molar-refractivity contribution in [1.29, 1.82) is 0 Å². The number of nitrogens with zero attached hydrogens (tertiary/aromatic N) is 1. The molecule has 1 saturated heterocycles. The maximum Gasteiger partial charge on any atom is 0.0379 e. The molecular formula is C15H22N2. The van der Waals surface area contributed by atoms with Gasteiger partial charge in [0.15, 0.2) is 0 Å². The van der Waals surface area contributed by atoms with Gasteiger partial charge in [0.1, 0.15) is 0 Å². The molecule has 0 aliphatic carbocycles. The summed E-state index contributed by atoms with van der Waals surface area (Å²) in [4.78, 5) is 2.60. The van der Waals surface area contributed by atoms with E-state index in [1.807, 2.05) is 0 Å². The molecule has 2 heterocycles. The second-order valence-electron chi connectivity index (χ2n) is 5.81. The minimum absolute atomic E-state index is 0.419. The first kappa shape index (κ1) is 11.1. The third-order valence-corrected chi connectivity index (χ3v) is 4.60. The highest BCUT2D eigenvalue weighted by Crippen LogP contribution is 2.43. The van der Waals surface area contributed by atoms with E-state index in [-0.39, 0.29) is 0 Å². The Morgan fingerprint density at radius 1 is 1.18 bits per heavy atom. The molecule has 2 nitrogen and oxygen atoms in total. The standard InChI is InChI=1S/C15H22N2/c1-12(2)17-9-7-15(8-10-17)11-16-14-6-4-3-5-13(14)15/h3-6,12,16H,7-11H2,1-2H3. The van der Waals surface area contributed by atoms with Crippen LogP contribution in [-0.4, -0.2) is 30.6 Å². The van der Waals surface area contributed by atoms with Crippen molar-refractivity contribution in [2.75, 3.05) is 25.0 Å². The minimum atomic E-state index is 0.419. The zero-order chi connectivity index (χ0) is 11.9. The number of nitrogens with one attached hydrogen (secondary N) is 1. The van der Waals surface area contributed by atoms with Crippen LogP contribution < -0.4 is 5.32 Å². The molecule has 1 N–H and O–H groups in total. The molecule has 2 aliphatic heterocycles. The average Bonchev–Trinajstić information content (AvgIpc) is 2.70. The molecule has 1 aromatic carbocycles. The summed E-state index contributed by atoms with van der Waals surface area (Å²) >= 11 is 0. The number of benzene rings is 1. The molecule has 0 aromatic heterocycles. The monoisotopic (exact) mass is 230 g/mol. The Kier molecular flexibility index (Phi) is 2.62. The number of hydrogen-bond acceptors (Lipinski definition) is 2. The summed E-state index contributed by atoms with van der Waals surface area (Å²) in [6, 6.07) is 9.55. The third kappa shape index (κ3) is 1.75. The molecule has 0 amide bonds. The van der Waals surface area contributed by atoms with E-state index in [9.17, 15) is 0 Å². The first-order valence-electron chi connectivity index (χ1n) is 6.79. The number of likely N-dealkylation sites (tertiary alicyclic amines) is 1. The molecule has 92 valence electrons. The molecule has 1 aromatic rings. The van der Waals surface area contributed by atoms with Crippen molar-refractivity contribution in [3.05, 3.63) is 29.8 Å². The largest absolute Gasteiger partial charge is 0.384 e. The van der Waals surface area contributed by atoms with E-state index in [1.165, 1.54) is 31.6 Å². The fraction of sp³-hybridized carbons (Fsp3) is 0.600. The van der Waals surface area contributed by atoms with Crippen LogP contribution in [0.5, 0.6) is 0 Å². The summed E-state index contributed by atoms with van der Waals surface area (Å²) in [7, 11) is 0. The maximum absolute atomic E-state index is 3.59.